The Balaban J connectivity index is 2.69. The molecule has 0 fully saturated rings. The first-order valence-corrected chi connectivity index (χ1v) is 5.36. The van der Waals surface area contributed by atoms with E-state index in [1.54, 1.807) is 26.2 Å². The Labute approximate surface area is 99.8 Å². The topological polar surface area (TPSA) is 83.8 Å². The van der Waals surface area contributed by atoms with Gasteiger partial charge in [-0.25, -0.2) is 4.98 Å². The lowest BCUT2D eigenvalue weighted by atomic mass is 9.92. The number of hydrogen-bond donors (Lipinski definition) is 3. The van der Waals surface area contributed by atoms with Gasteiger partial charge >= 0.3 is 0 Å². The maximum atomic E-state index is 11.9. The van der Waals surface area contributed by atoms with Crippen LogP contribution in [0.25, 0.3) is 0 Å². The third kappa shape index (κ3) is 2.57. The normalized spacial score (nSPS) is 13.2. The first kappa shape index (κ1) is 12.6. The SMILES string of the molecule is CC(NC(=O)C(C)(C)C(N)=S)c1ncc[nH]1. The Bertz CT molecular complexity index is 386. The number of nitrogens with two attached hydrogens (primary N) is 1. The third-order valence-electron chi connectivity index (χ3n) is 2.46. The van der Waals surface area contributed by atoms with Crippen LogP contribution in [0.15, 0.2) is 12.4 Å². The van der Waals surface area contributed by atoms with Gasteiger partial charge in [-0.05, 0) is 20.8 Å². The molecule has 1 aromatic heterocycles. The summed E-state index contributed by atoms with van der Waals surface area (Å²) in [5.74, 6) is 0.496. The Kier molecular flexibility index (Phi) is 3.64. The quantitative estimate of drug-likeness (QED) is 0.683. The van der Waals surface area contributed by atoms with Crippen molar-refractivity contribution < 1.29 is 4.79 Å². The average molecular weight is 240 g/mol. The molecular weight excluding hydrogens is 224 g/mol. The molecule has 0 aliphatic heterocycles. The zero-order chi connectivity index (χ0) is 12.3. The number of hydrogen-bond acceptors (Lipinski definition) is 3. The summed E-state index contributed by atoms with van der Waals surface area (Å²) in [5, 5.41) is 2.80. The molecule has 6 heteroatoms. The molecule has 0 aliphatic carbocycles. The number of aromatic amines is 1. The number of aromatic nitrogens is 2. The summed E-state index contributed by atoms with van der Waals surface area (Å²) in [6.45, 7) is 5.23. The first-order valence-electron chi connectivity index (χ1n) is 4.96. The van der Waals surface area contributed by atoms with Gasteiger partial charge in [-0.2, -0.15) is 0 Å². The molecule has 4 N–H and O–H groups in total. The number of thiocarbonyl (C=S) groups is 1. The van der Waals surface area contributed by atoms with Crippen LogP contribution in [0.3, 0.4) is 0 Å². The largest absolute Gasteiger partial charge is 0.392 e. The number of carbonyl (C=O) groups is 1. The Morgan fingerprint density at radius 1 is 1.69 bits per heavy atom. The molecule has 16 heavy (non-hydrogen) atoms. The van der Waals surface area contributed by atoms with Crippen LogP contribution in [0.4, 0.5) is 0 Å². The van der Waals surface area contributed by atoms with E-state index in [1.807, 2.05) is 6.92 Å². The van der Waals surface area contributed by atoms with E-state index in [2.05, 4.69) is 15.3 Å². The fourth-order valence-corrected chi connectivity index (χ4v) is 1.16. The van der Waals surface area contributed by atoms with Crippen molar-refractivity contribution in [3.63, 3.8) is 0 Å². The summed E-state index contributed by atoms with van der Waals surface area (Å²) in [6, 6.07) is -0.198. The molecule has 0 aromatic carbocycles. The third-order valence-corrected chi connectivity index (χ3v) is 2.97. The summed E-state index contributed by atoms with van der Waals surface area (Å²) in [6.07, 6.45) is 3.34. The predicted octanol–water partition coefficient (Wildman–Crippen LogP) is 0.899. The molecule has 0 spiro atoms. The molecule has 0 bridgehead atoms. The molecule has 1 amide bonds. The predicted molar refractivity (Wildman–Crippen MR) is 65.7 cm³/mol. The Morgan fingerprint density at radius 3 is 2.75 bits per heavy atom. The molecule has 0 radical (unpaired) electrons. The van der Waals surface area contributed by atoms with Crippen molar-refractivity contribution >= 4 is 23.1 Å². The van der Waals surface area contributed by atoms with Crippen molar-refractivity contribution in [2.45, 2.75) is 26.8 Å². The fraction of sp³-hybridized carbons (Fsp3) is 0.500. The van der Waals surface area contributed by atoms with E-state index in [9.17, 15) is 4.79 Å². The second kappa shape index (κ2) is 4.61. The van der Waals surface area contributed by atoms with Gasteiger partial charge in [0.2, 0.25) is 5.91 Å². The van der Waals surface area contributed by atoms with Gasteiger partial charge in [0.05, 0.1) is 16.4 Å². The first-order chi connectivity index (χ1) is 7.35. The van der Waals surface area contributed by atoms with Crippen LogP contribution in [0.2, 0.25) is 0 Å². The highest BCUT2D eigenvalue weighted by Crippen LogP contribution is 2.17. The second-order valence-corrected chi connectivity index (χ2v) is 4.60. The van der Waals surface area contributed by atoms with Crippen LogP contribution >= 0.6 is 12.2 Å². The molecule has 1 heterocycles. The highest BCUT2D eigenvalue weighted by atomic mass is 32.1. The van der Waals surface area contributed by atoms with Crippen molar-refractivity contribution in [2.24, 2.45) is 11.1 Å². The van der Waals surface area contributed by atoms with E-state index in [0.717, 1.165) is 0 Å². The molecule has 0 saturated carbocycles. The lowest BCUT2D eigenvalue weighted by Gasteiger charge is -2.24. The minimum Gasteiger partial charge on any atom is -0.392 e. The number of imidazole rings is 1. The fourth-order valence-electron chi connectivity index (χ4n) is 1.07. The molecule has 1 aromatic rings. The highest BCUT2D eigenvalue weighted by molar-refractivity contribution is 7.80. The van der Waals surface area contributed by atoms with Crippen LogP contribution < -0.4 is 11.1 Å². The van der Waals surface area contributed by atoms with Gasteiger partial charge in [0.25, 0.3) is 0 Å². The lowest BCUT2D eigenvalue weighted by molar-refractivity contribution is -0.126. The monoisotopic (exact) mass is 240 g/mol. The molecule has 1 atom stereocenters. The number of amides is 1. The van der Waals surface area contributed by atoms with Gasteiger partial charge in [0.15, 0.2) is 0 Å². The van der Waals surface area contributed by atoms with Crippen molar-refractivity contribution in [3.8, 4) is 0 Å². The van der Waals surface area contributed by atoms with Gasteiger partial charge < -0.3 is 16.0 Å². The minimum atomic E-state index is -0.851. The zero-order valence-corrected chi connectivity index (χ0v) is 10.4. The number of nitrogens with one attached hydrogen (secondary N) is 2. The minimum absolute atomic E-state index is 0.177. The van der Waals surface area contributed by atoms with Gasteiger partial charge in [-0.1, -0.05) is 12.2 Å². The standard InChI is InChI=1S/C10H16N4OS/c1-6(7-12-4-5-13-7)14-9(15)10(2,3)8(11)16/h4-6H,1-3H3,(H2,11,16)(H,12,13)(H,14,15). The lowest BCUT2D eigenvalue weighted by Crippen LogP contribution is -2.45. The highest BCUT2D eigenvalue weighted by Gasteiger charge is 2.32. The number of carbonyl (C=O) groups excluding carboxylic acids is 1. The van der Waals surface area contributed by atoms with Crippen molar-refractivity contribution in [2.75, 3.05) is 0 Å². The second-order valence-electron chi connectivity index (χ2n) is 4.16. The van der Waals surface area contributed by atoms with E-state index >= 15 is 0 Å². The summed E-state index contributed by atoms with van der Waals surface area (Å²) >= 11 is 4.85. The molecule has 5 nitrogen and oxygen atoms in total. The van der Waals surface area contributed by atoms with E-state index in [1.165, 1.54) is 0 Å². The molecular formula is C10H16N4OS. The maximum Gasteiger partial charge on any atom is 0.233 e. The maximum absolute atomic E-state index is 11.9. The van der Waals surface area contributed by atoms with E-state index < -0.39 is 5.41 Å². The van der Waals surface area contributed by atoms with Crippen LogP contribution in [0.5, 0.6) is 0 Å². The van der Waals surface area contributed by atoms with E-state index in [-0.39, 0.29) is 16.9 Å². The summed E-state index contributed by atoms with van der Waals surface area (Å²) in [5.41, 5.74) is 4.66. The molecule has 1 unspecified atom stereocenters. The van der Waals surface area contributed by atoms with Crippen LogP contribution in [-0.2, 0) is 4.79 Å². The van der Waals surface area contributed by atoms with E-state index in [0.29, 0.717) is 5.82 Å². The van der Waals surface area contributed by atoms with Crippen molar-refractivity contribution in [1.82, 2.24) is 15.3 Å². The molecule has 88 valence electrons. The van der Waals surface area contributed by atoms with Gasteiger partial charge in [-0.15, -0.1) is 0 Å². The van der Waals surface area contributed by atoms with Crippen LogP contribution in [-0.4, -0.2) is 20.9 Å². The zero-order valence-electron chi connectivity index (χ0n) is 9.57. The Hall–Kier alpha value is -1.43. The van der Waals surface area contributed by atoms with Crippen LogP contribution in [0.1, 0.15) is 32.6 Å². The number of nitrogens with zero attached hydrogens (tertiary/aromatic N) is 1. The molecule has 1 rings (SSSR count). The summed E-state index contributed by atoms with van der Waals surface area (Å²) in [7, 11) is 0. The Morgan fingerprint density at radius 2 is 2.31 bits per heavy atom. The van der Waals surface area contributed by atoms with Gasteiger partial charge in [0.1, 0.15) is 5.82 Å². The summed E-state index contributed by atoms with van der Waals surface area (Å²) < 4.78 is 0. The smallest absolute Gasteiger partial charge is 0.233 e. The number of rotatable bonds is 4. The molecule has 0 aliphatic rings. The molecule has 0 saturated heterocycles. The average Bonchev–Trinajstić information content (AvgIpc) is 2.69. The van der Waals surface area contributed by atoms with Crippen LogP contribution in [0, 0.1) is 5.41 Å². The number of H-pyrrole nitrogens is 1. The van der Waals surface area contributed by atoms with Crippen molar-refractivity contribution in [1.29, 1.82) is 0 Å². The van der Waals surface area contributed by atoms with Crippen molar-refractivity contribution in [3.05, 3.63) is 18.2 Å². The van der Waals surface area contributed by atoms with Gasteiger partial charge in [0, 0.05) is 12.4 Å². The van der Waals surface area contributed by atoms with Gasteiger partial charge in [-0.3, -0.25) is 4.79 Å². The summed E-state index contributed by atoms with van der Waals surface area (Å²) in [4.78, 5) is 19.1. The van der Waals surface area contributed by atoms with E-state index in [4.69, 9.17) is 18.0 Å².